The van der Waals surface area contributed by atoms with Crippen LogP contribution in [-0.4, -0.2) is 0 Å². The van der Waals surface area contributed by atoms with E-state index in [1.165, 1.54) is 36.0 Å². The summed E-state index contributed by atoms with van der Waals surface area (Å²) in [5, 5.41) is 0.0993. The van der Waals surface area contributed by atoms with E-state index in [2.05, 4.69) is 0 Å². The van der Waals surface area contributed by atoms with Gasteiger partial charge in [0.1, 0.15) is 11.6 Å². The number of nitrogen functional groups attached to an aromatic ring is 1. The molecule has 0 aliphatic carbocycles. The summed E-state index contributed by atoms with van der Waals surface area (Å²) in [5.41, 5.74) is 6.30. The Hall–Kier alpha value is -1.26. The van der Waals surface area contributed by atoms with Crippen molar-refractivity contribution in [2.24, 2.45) is 0 Å². The lowest BCUT2D eigenvalue weighted by molar-refractivity contribution is 0.626. The second-order valence-corrected chi connectivity index (χ2v) is 5.18. The van der Waals surface area contributed by atoms with Gasteiger partial charge in [0.15, 0.2) is 0 Å². The van der Waals surface area contributed by atoms with Gasteiger partial charge in [-0.25, -0.2) is 8.78 Å². The minimum Gasteiger partial charge on any atom is -0.396 e. The SMILES string of the molecule is Nc1ccc(SCc2ccc(Cl)c(F)c2)cc1F. The fraction of sp³-hybridized carbons (Fsp3) is 0.0769. The number of benzene rings is 2. The third-order valence-corrected chi connectivity index (χ3v) is 3.73. The molecule has 2 rings (SSSR count). The van der Waals surface area contributed by atoms with E-state index in [4.69, 9.17) is 17.3 Å². The summed E-state index contributed by atoms with van der Waals surface area (Å²) < 4.78 is 26.4. The van der Waals surface area contributed by atoms with Crippen LogP contribution in [0.2, 0.25) is 5.02 Å². The van der Waals surface area contributed by atoms with Gasteiger partial charge in [0, 0.05) is 10.6 Å². The highest BCUT2D eigenvalue weighted by Gasteiger charge is 2.04. The van der Waals surface area contributed by atoms with Crippen LogP contribution in [0.15, 0.2) is 41.3 Å². The Bertz CT molecular complexity index is 523. The van der Waals surface area contributed by atoms with E-state index in [-0.39, 0.29) is 10.7 Å². The maximum absolute atomic E-state index is 13.2. The highest BCUT2D eigenvalue weighted by Crippen LogP contribution is 2.26. The summed E-state index contributed by atoms with van der Waals surface area (Å²) in [7, 11) is 0. The third-order valence-electron chi connectivity index (χ3n) is 2.36. The lowest BCUT2D eigenvalue weighted by atomic mass is 10.2. The molecule has 2 aromatic rings. The zero-order valence-corrected chi connectivity index (χ0v) is 10.9. The smallest absolute Gasteiger partial charge is 0.147 e. The second kappa shape index (κ2) is 5.59. The Labute approximate surface area is 113 Å². The van der Waals surface area contributed by atoms with Crippen LogP contribution in [0.5, 0.6) is 0 Å². The molecule has 0 bridgehead atoms. The molecule has 0 unspecified atom stereocenters. The number of rotatable bonds is 3. The Morgan fingerprint density at radius 1 is 1.06 bits per heavy atom. The monoisotopic (exact) mass is 285 g/mol. The van der Waals surface area contributed by atoms with Gasteiger partial charge in [-0.1, -0.05) is 17.7 Å². The molecule has 0 atom stereocenters. The van der Waals surface area contributed by atoms with Gasteiger partial charge in [0.05, 0.1) is 10.7 Å². The first-order valence-electron chi connectivity index (χ1n) is 5.18. The van der Waals surface area contributed by atoms with Crippen molar-refractivity contribution in [1.29, 1.82) is 0 Å². The average molecular weight is 286 g/mol. The van der Waals surface area contributed by atoms with Crippen molar-refractivity contribution in [2.75, 3.05) is 5.73 Å². The highest BCUT2D eigenvalue weighted by atomic mass is 35.5. The van der Waals surface area contributed by atoms with Crippen molar-refractivity contribution in [3.63, 3.8) is 0 Å². The van der Waals surface area contributed by atoms with Crippen molar-refractivity contribution in [3.8, 4) is 0 Å². The van der Waals surface area contributed by atoms with Crippen molar-refractivity contribution in [3.05, 3.63) is 58.6 Å². The van der Waals surface area contributed by atoms with Crippen LogP contribution in [0.1, 0.15) is 5.56 Å². The Morgan fingerprint density at radius 2 is 1.83 bits per heavy atom. The van der Waals surface area contributed by atoms with Crippen molar-refractivity contribution in [2.45, 2.75) is 10.6 Å². The predicted molar refractivity (Wildman–Crippen MR) is 71.8 cm³/mol. The quantitative estimate of drug-likeness (QED) is 0.664. The molecule has 0 saturated heterocycles. The molecule has 94 valence electrons. The Morgan fingerprint density at radius 3 is 2.50 bits per heavy atom. The van der Waals surface area contributed by atoms with Gasteiger partial charge in [0.2, 0.25) is 0 Å². The zero-order chi connectivity index (χ0) is 13.1. The predicted octanol–water partition coefficient (Wildman–Crippen LogP) is 4.49. The first-order valence-corrected chi connectivity index (χ1v) is 6.54. The molecule has 0 spiro atoms. The van der Waals surface area contributed by atoms with Gasteiger partial charge in [0.25, 0.3) is 0 Å². The number of nitrogens with two attached hydrogens (primary N) is 1. The first kappa shape index (κ1) is 13.2. The van der Waals surface area contributed by atoms with Crippen LogP contribution < -0.4 is 5.73 Å². The molecule has 0 aromatic heterocycles. The molecular formula is C13H10ClF2NS. The maximum atomic E-state index is 13.2. The molecule has 0 radical (unpaired) electrons. The minimum atomic E-state index is -0.446. The van der Waals surface area contributed by atoms with E-state index in [0.29, 0.717) is 5.75 Å². The molecule has 0 saturated carbocycles. The fourth-order valence-electron chi connectivity index (χ4n) is 1.39. The van der Waals surface area contributed by atoms with E-state index >= 15 is 0 Å². The number of hydrogen-bond acceptors (Lipinski definition) is 2. The third kappa shape index (κ3) is 3.15. The molecule has 1 nitrogen and oxygen atoms in total. The van der Waals surface area contributed by atoms with E-state index < -0.39 is 11.6 Å². The highest BCUT2D eigenvalue weighted by molar-refractivity contribution is 7.98. The summed E-state index contributed by atoms with van der Waals surface area (Å²) >= 11 is 7.00. The number of thioether (sulfide) groups is 1. The number of hydrogen-bond donors (Lipinski definition) is 1. The maximum Gasteiger partial charge on any atom is 0.147 e. The van der Waals surface area contributed by atoms with Gasteiger partial charge in [-0.15, -0.1) is 11.8 Å². The molecule has 2 N–H and O–H groups in total. The lowest BCUT2D eigenvalue weighted by Crippen LogP contribution is -1.90. The van der Waals surface area contributed by atoms with Gasteiger partial charge >= 0.3 is 0 Å². The molecule has 0 heterocycles. The second-order valence-electron chi connectivity index (χ2n) is 3.72. The molecule has 5 heteroatoms. The minimum absolute atomic E-state index is 0.0993. The van der Waals surface area contributed by atoms with Crippen molar-refractivity contribution in [1.82, 2.24) is 0 Å². The summed E-state index contributed by atoms with van der Waals surface area (Å²) in [6.45, 7) is 0. The molecular weight excluding hydrogens is 276 g/mol. The Kier molecular flexibility index (Phi) is 4.09. The van der Waals surface area contributed by atoms with Crippen LogP contribution >= 0.6 is 23.4 Å². The lowest BCUT2D eigenvalue weighted by Gasteiger charge is -2.04. The van der Waals surface area contributed by atoms with Gasteiger partial charge in [-0.2, -0.15) is 0 Å². The van der Waals surface area contributed by atoms with Gasteiger partial charge < -0.3 is 5.73 Å². The van der Waals surface area contributed by atoms with Crippen molar-refractivity contribution >= 4 is 29.1 Å². The van der Waals surface area contributed by atoms with E-state index in [0.717, 1.165) is 10.5 Å². The number of anilines is 1. The summed E-state index contributed by atoms with van der Waals surface area (Å²) in [4.78, 5) is 0.747. The normalized spacial score (nSPS) is 10.6. The molecule has 2 aromatic carbocycles. The zero-order valence-electron chi connectivity index (χ0n) is 9.29. The van der Waals surface area contributed by atoms with Crippen LogP contribution in [0.4, 0.5) is 14.5 Å². The van der Waals surface area contributed by atoms with E-state index in [1.54, 1.807) is 12.1 Å². The Balaban J connectivity index is 2.06. The summed E-state index contributed by atoms with van der Waals surface area (Å²) in [6, 6.07) is 9.24. The fourth-order valence-corrected chi connectivity index (χ4v) is 2.38. The molecule has 0 aliphatic heterocycles. The van der Waals surface area contributed by atoms with E-state index in [9.17, 15) is 8.78 Å². The van der Waals surface area contributed by atoms with Crippen LogP contribution in [0.3, 0.4) is 0 Å². The standard InChI is InChI=1S/C13H10ClF2NS/c14-10-3-1-8(5-11(10)15)7-18-9-2-4-13(17)12(16)6-9/h1-6H,7,17H2. The summed E-state index contributed by atoms with van der Waals surface area (Å²) in [5.74, 6) is -0.349. The summed E-state index contributed by atoms with van der Waals surface area (Å²) in [6.07, 6.45) is 0. The molecule has 0 amide bonds. The molecule has 0 aliphatic rings. The average Bonchev–Trinajstić information content (AvgIpc) is 2.35. The van der Waals surface area contributed by atoms with Gasteiger partial charge in [-0.05, 0) is 35.9 Å². The van der Waals surface area contributed by atoms with Crippen LogP contribution in [-0.2, 0) is 5.75 Å². The number of halogens is 3. The first-order chi connectivity index (χ1) is 8.56. The largest absolute Gasteiger partial charge is 0.396 e. The van der Waals surface area contributed by atoms with Crippen LogP contribution in [0, 0.1) is 11.6 Å². The van der Waals surface area contributed by atoms with Gasteiger partial charge in [-0.3, -0.25) is 0 Å². The topological polar surface area (TPSA) is 26.0 Å². The van der Waals surface area contributed by atoms with Crippen molar-refractivity contribution < 1.29 is 8.78 Å². The molecule has 0 fully saturated rings. The molecule has 18 heavy (non-hydrogen) atoms. The van der Waals surface area contributed by atoms with E-state index in [1.807, 2.05) is 0 Å². The van der Waals surface area contributed by atoms with Crippen LogP contribution in [0.25, 0.3) is 0 Å².